The second-order valence-electron chi connectivity index (χ2n) is 10.7. The largest absolute Gasteiger partial charge is 0.481 e. The Morgan fingerprint density at radius 1 is 0.675 bits per heavy atom. The number of unbranched alkanes of at least 4 members (excludes halogenated alkanes) is 7. The Balaban J connectivity index is 1.30. The summed E-state index contributed by atoms with van der Waals surface area (Å²) in [5.74, 6) is 0.323. The van der Waals surface area contributed by atoms with Crippen molar-refractivity contribution in [3.05, 3.63) is 0 Å². The van der Waals surface area contributed by atoms with Crippen LogP contribution in [-0.4, -0.2) is 77.5 Å². The third-order valence-electron chi connectivity index (χ3n) is 7.28. The van der Waals surface area contributed by atoms with E-state index in [-0.39, 0.29) is 42.3 Å². The number of amides is 5. The van der Waals surface area contributed by atoms with Gasteiger partial charge in [-0.2, -0.15) is 11.8 Å². The topological polar surface area (TPSA) is 166 Å². The molecule has 0 unspecified atom stereocenters. The van der Waals surface area contributed by atoms with Gasteiger partial charge in [-0.1, -0.05) is 25.7 Å². The molecule has 6 N–H and O–H groups in total. The smallest absolute Gasteiger partial charge is 0.315 e. The van der Waals surface area contributed by atoms with Crippen LogP contribution in [0.1, 0.15) is 103 Å². The van der Waals surface area contributed by atoms with Gasteiger partial charge in [0.1, 0.15) is 0 Å². The predicted octanol–water partition coefficient (Wildman–Crippen LogP) is 2.83. The average Bonchev–Trinajstić information content (AvgIpc) is 3.47. The number of aliphatic carboxylic acids is 1. The highest BCUT2D eigenvalue weighted by atomic mass is 32.2. The van der Waals surface area contributed by atoms with E-state index in [1.807, 2.05) is 11.8 Å². The van der Waals surface area contributed by atoms with Crippen LogP contribution in [-0.2, 0) is 19.2 Å². The lowest BCUT2D eigenvalue weighted by Crippen LogP contribution is -2.36. The van der Waals surface area contributed by atoms with Crippen LogP contribution in [0, 0.1) is 0 Å². The van der Waals surface area contributed by atoms with Crippen molar-refractivity contribution < 1.29 is 29.1 Å². The van der Waals surface area contributed by atoms with Crippen molar-refractivity contribution >= 4 is 41.5 Å². The Hall–Kier alpha value is -2.50. The average molecular weight is 584 g/mol. The van der Waals surface area contributed by atoms with Gasteiger partial charge in [0.05, 0.1) is 12.1 Å². The molecular formula is C28H49N5O6S. The third-order valence-corrected chi connectivity index (χ3v) is 8.78. The van der Waals surface area contributed by atoms with Crippen LogP contribution in [0.4, 0.5) is 4.79 Å². The molecule has 12 heteroatoms. The molecule has 2 rings (SSSR count). The van der Waals surface area contributed by atoms with Crippen molar-refractivity contribution in [2.24, 2.45) is 0 Å². The summed E-state index contributed by atoms with van der Waals surface area (Å²) >= 11 is 1.90. The first-order chi connectivity index (χ1) is 19.3. The van der Waals surface area contributed by atoms with Crippen LogP contribution in [0.2, 0.25) is 0 Å². The first-order valence-corrected chi connectivity index (χ1v) is 16.1. The van der Waals surface area contributed by atoms with Crippen molar-refractivity contribution in [2.45, 2.75) is 120 Å². The molecule has 11 nitrogen and oxygen atoms in total. The zero-order valence-electron chi connectivity index (χ0n) is 23.8. The lowest BCUT2D eigenvalue weighted by molar-refractivity contribution is -0.137. The van der Waals surface area contributed by atoms with Crippen LogP contribution in [0.3, 0.4) is 0 Å². The van der Waals surface area contributed by atoms with Crippen molar-refractivity contribution in [1.29, 1.82) is 0 Å². The highest BCUT2D eigenvalue weighted by molar-refractivity contribution is 8.00. The number of thioether (sulfide) groups is 1. The first kappa shape index (κ1) is 33.7. The number of carboxylic acids is 1. The number of carbonyl (C=O) groups excluding carboxylic acids is 4. The molecule has 2 fully saturated rings. The third kappa shape index (κ3) is 15.3. The molecule has 0 aromatic heterocycles. The molecule has 5 amide bonds. The molecule has 0 radical (unpaired) electrons. The zero-order valence-corrected chi connectivity index (χ0v) is 24.6. The summed E-state index contributed by atoms with van der Waals surface area (Å²) < 4.78 is 0. The van der Waals surface area contributed by atoms with Gasteiger partial charge in [0.15, 0.2) is 0 Å². The molecule has 2 aliphatic heterocycles. The normalized spacial score (nSPS) is 19.4. The van der Waals surface area contributed by atoms with E-state index in [2.05, 4.69) is 26.6 Å². The van der Waals surface area contributed by atoms with Crippen LogP contribution in [0.5, 0.6) is 0 Å². The molecular weight excluding hydrogens is 534 g/mol. The molecule has 3 atom stereocenters. The quantitative estimate of drug-likeness (QED) is 0.0795. The van der Waals surface area contributed by atoms with Crippen LogP contribution in [0.15, 0.2) is 0 Å². The molecule has 2 saturated heterocycles. The Bertz CT molecular complexity index is 814. The summed E-state index contributed by atoms with van der Waals surface area (Å²) in [6.45, 7) is 1.84. The highest BCUT2D eigenvalue weighted by Crippen LogP contribution is 2.33. The standard InChI is InChI=1S/C28H49N5O6S/c34-23(29-17-9-1-4-14-24(35)30-19-11-3-6-16-26(37)38)13-5-2-10-18-31-25(36)15-8-7-12-22-27-21(20-40-22)32-28(39)33-27/h21-22,27H,1-20H2,(H,29,34)(H,30,35)(H,31,36)(H,37,38)(H2,32,33,39)/t21-,22-,27-/m0/s1. The summed E-state index contributed by atoms with van der Waals surface area (Å²) in [5.41, 5.74) is 0. The Morgan fingerprint density at radius 2 is 1.15 bits per heavy atom. The minimum absolute atomic E-state index is 0.0224. The number of hydrogen-bond donors (Lipinski definition) is 6. The maximum atomic E-state index is 12.0. The number of carboxylic acid groups (broad SMARTS) is 1. The fraction of sp³-hybridized carbons (Fsp3) is 0.821. The molecule has 0 aromatic rings. The van der Waals surface area contributed by atoms with E-state index in [4.69, 9.17) is 5.11 Å². The summed E-state index contributed by atoms with van der Waals surface area (Å²) in [4.78, 5) is 57.7. The minimum atomic E-state index is -0.783. The summed E-state index contributed by atoms with van der Waals surface area (Å²) in [6.07, 6.45) is 11.8. The SMILES string of the molecule is O=C(O)CCCCCNC(=O)CCCCCNC(=O)CCCCCNC(=O)CCCC[C@@H]1SC[C@@H]2NC(=O)N[C@@H]21. The predicted molar refractivity (Wildman–Crippen MR) is 156 cm³/mol. The van der Waals surface area contributed by atoms with Gasteiger partial charge in [-0.15, -0.1) is 0 Å². The van der Waals surface area contributed by atoms with Gasteiger partial charge in [0.25, 0.3) is 0 Å². The highest BCUT2D eigenvalue weighted by Gasteiger charge is 2.42. The first-order valence-electron chi connectivity index (χ1n) is 15.1. The minimum Gasteiger partial charge on any atom is -0.481 e. The number of hydrogen-bond acceptors (Lipinski definition) is 6. The molecule has 0 aliphatic carbocycles. The van der Waals surface area contributed by atoms with Crippen LogP contribution in [0.25, 0.3) is 0 Å². The summed E-state index contributed by atoms with van der Waals surface area (Å²) in [5, 5.41) is 23.7. The number of urea groups is 1. The van der Waals surface area contributed by atoms with Gasteiger partial charge in [-0.25, -0.2) is 4.79 Å². The van der Waals surface area contributed by atoms with E-state index >= 15 is 0 Å². The Morgan fingerprint density at radius 3 is 1.65 bits per heavy atom. The summed E-state index contributed by atoms with van der Waals surface area (Å²) in [6, 6.07) is 0.405. The van der Waals surface area contributed by atoms with Crippen molar-refractivity contribution in [1.82, 2.24) is 26.6 Å². The van der Waals surface area contributed by atoms with Crippen molar-refractivity contribution in [3.8, 4) is 0 Å². The fourth-order valence-electron chi connectivity index (χ4n) is 4.98. The summed E-state index contributed by atoms with van der Waals surface area (Å²) in [7, 11) is 0. The second-order valence-corrected chi connectivity index (χ2v) is 12.0. The Labute approximate surface area is 242 Å². The van der Waals surface area contributed by atoms with E-state index in [0.717, 1.165) is 76.4 Å². The van der Waals surface area contributed by atoms with Gasteiger partial charge < -0.3 is 31.7 Å². The molecule has 0 bridgehead atoms. The van der Waals surface area contributed by atoms with E-state index in [1.165, 1.54) is 0 Å². The van der Waals surface area contributed by atoms with Crippen molar-refractivity contribution in [2.75, 3.05) is 25.4 Å². The number of carbonyl (C=O) groups is 5. The maximum Gasteiger partial charge on any atom is 0.315 e. The molecule has 2 heterocycles. The molecule has 0 aromatic carbocycles. The van der Waals surface area contributed by atoms with E-state index < -0.39 is 5.97 Å². The molecule has 0 saturated carbocycles. The molecule has 228 valence electrons. The maximum absolute atomic E-state index is 12.0. The van der Waals surface area contributed by atoms with Crippen LogP contribution >= 0.6 is 11.8 Å². The number of nitrogens with one attached hydrogen (secondary N) is 5. The van der Waals surface area contributed by atoms with E-state index in [1.54, 1.807) is 0 Å². The van der Waals surface area contributed by atoms with E-state index in [9.17, 15) is 24.0 Å². The number of rotatable bonds is 23. The van der Waals surface area contributed by atoms with Gasteiger partial charge in [0, 0.05) is 56.3 Å². The van der Waals surface area contributed by atoms with E-state index in [0.29, 0.717) is 50.6 Å². The second kappa shape index (κ2) is 20.4. The van der Waals surface area contributed by atoms with Crippen LogP contribution < -0.4 is 26.6 Å². The zero-order chi connectivity index (χ0) is 29.0. The number of fused-ring (bicyclic) bond motifs is 1. The lowest BCUT2D eigenvalue weighted by Gasteiger charge is -2.16. The monoisotopic (exact) mass is 583 g/mol. The van der Waals surface area contributed by atoms with Gasteiger partial charge in [-0.05, 0) is 51.4 Å². The molecule has 40 heavy (non-hydrogen) atoms. The Kier molecular flexibility index (Phi) is 17.2. The molecule has 0 spiro atoms. The van der Waals surface area contributed by atoms with Gasteiger partial charge in [-0.3, -0.25) is 19.2 Å². The lowest BCUT2D eigenvalue weighted by atomic mass is 10.0. The van der Waals surface area contributed by atoms with Gasteiger partial charge >= 0.3 is 12.0 Å². The van der Waals surface area contributed by atoms with Gasteiger partial charge in [0.2, 0.25) is 17.7 Å². The fourth-order valence-corrected chi connectivity index (χ4v) is 6.52. The van der Waals surface area contributed by atoms with Crippen molar-refractivity contribution in [3.63, 3.8) is 0 Å². The molecule has 2 aliphatic rings.